The minimum absolute atomic E-state index is 0.305. The number of hydrogen-bond acceptors (Lipinski definition) is 3. The smallest absolute Gasteiger partial charge is 0.0662 e. The molecule has 3 heteroatoms. The molecule has 0 radical (unpaired) electrons. The minimum Gasteiger partial charge on any atom is -0.378 e. The van der Waals surface area contributed by atoms with Gasteiger partial charge in [-0.15, -0.1) is 0 Å². The van der Waals surface area contributed by atoms with Gasteiger partial charge in [0.15, 0.2) is 0 Å². The zero-order valence-electron chi connectivity index (χ0n) is 9.02. The molecule has 1 unspecified atom stereocenters. The molecule has 1 atom stereocenters. The van der Waals surface area contributed by atoms with Gasteiger partial charge in [-0.2, -0.15) is 0 Å². The molecule has 1 aliphatic rings. The van der Waals surface area contributed by atoms with Gasteiger partial charge in [-0.3, -0.25) is 4.98 Å². The maximum Gasteiger partial charge on any atom is 0.0662 e. The van der Waals surface area contributed by atoms with Crippen molar-refractivity contribution in [1.29, 1.82) is 0 Å². The minimum atomic E-state index is 0.305. The van der Waals surface area contributed by atoms with Crippen LogP contribution in [0.25, 0.3) is 10.8 Å². The molecule has 0 spiro atoms. The topological polar surface area (TPSA) is 34.1 Å². The fraction of sp³-hybridized carbons (Fsp3) is 0.308. The van der Waals surface area contributed by atoms with Crippen LogP contribution in [-0.2, 0) is 4.74 Å². The molecule has 0 aliphatic carbocycles. The summed E-state index contributed by atoms with van der Waals surface area (Å²) in [6, 6.07) is 8.71. The fourth-order valence-corrected chi connectivity index (χ4v) is 2.22. The monoisotopic (exact) mass is 214 g/mol. The number of morpholine rings is 1. The molecular weight excluding hydrogens is 200 g/mol. The summed E-state index contributed by atoms with van der Waals surface area (Å²) in [4.78, 5) is 4.15. The Balaban J connectivity index is 2.08. The molecular formula is C13H14N2O. The van der Waals surface area contributed by atoms with E-state index in [4.69, 9.17) is 4.74 Å². The first-order valence-corrected chi connectivity index (χ1v) is 5.59. The second kappa shape index (κ2) is 4.20. The van der Waals surface area contributed by atoms with Crippen molar-refractivity contribution in [1.82, 2.24) is 10.3 Å². The van der Waals surface area contributed by atoms with Crippen molar-refractivity contribution < 1.29 is 4.74 Å². The van der Waals surface area contributed by atoms with Crippen LogP contribution >= 0.6 is 0 Å². The Morgan fingerprint density at radius 3 is 3.19 bits per heavy atom. The Hall–Kier alpha value is -1.45. The van der Waals surface area contributed by atoms with Crippen molar-refractivity contribution in [2.24, 2.45) is 0 Å². The highest BCUT2D eigenvalue weighted by Gasteiger charge is 2.16. The maximum absolute atomic E-state index is 5.51. The van der Waals surface area contributed by atoms with Crippen LogP contribution in [0.3, 0.4) is 0 Å². The van der Waals surface area contributed by atoms with Gasteiger partial charge in [0.1, 0.15) is 0 Å². The third-order valence-corrected chi connectivity index (χ3v) is 3.01. The molecule has 1 saturated heterocycles. The summed E-state index contributed by atoms with van der Waals surface area (Å²) in [5.41, 5.74) is 1.31. The average Bonchev–Trinajstić information content (AvgIpc) is 2.39. The van der Waals surface area contributed by atoms with Crippen LogP contribution in [0.4, 0.5) is 0 Å². The molecule has 1 aromatic heterocycles. The molecule has 1 aliphatic heterocycles. The van der Waals surface area contributed by atoms with Crippen LogP contribution in [-0.4, -0.2) is 24.7 Å². The molecule has 3 nitrogen and oxygen atoms in total. The third kappa shape index (κ3) is 1.68. The molecule has 16 heavy (non-hydrogen) atoms. The standard InChI is InChI=1S/C13H14N2O/c1-2-10-8-14-5-4-11(10)12(3-1)13-9-16-7-6-15-13/h1-5,8,13,15H,6-7,9H2. The molecule has 0 saturated carbocycles. The summed E-state index contributed by atoms with van der Waals surface area (Å²) in [7, 11) is 0. The van der Waals surface area contributed by atoms with Crippen LogP contribution in [0.15, 0.2) is 36.7 Å². The van der Waals surface area contributed by atoms with Gasteiger partial charge in [-0.25, -0.2) is 0 Å². The van der Waals surface area contributed by atoms with Crippen LogP contribution in [0.2, 0.25) is 0 Å². The molecule has 0 amide bonds. The number of pyridine rings is 1. The average molecular weight is 214 g/mol. The predicted octanol–water partition coefficient (Wildman–Crippen LogP) is 1.90. The van der Waals surface area contributed by atoms with Gasteiger partial charge in [-0.05, 0) is 17.0 Å². The number of fused-ring (bicyclic) bond motifs is 1. The molecule has 82 valence electrons. The quantitative estimate of drug-likeness (QED) is 0.787. The van der Waals surface area contributed by atoms with E-state index < -0.39 is 0 Å². The Labute approximate surface area is 94.5 Å². The van der Waals surface area contributed by atoms with Gasteiger partial charge in [0, 0.05) is 24.3 Å². The van der Waals surface area contributed by atoms with E-state index in [1.807, 2.05) is 12.4 Å². The van der Waals surface area contributed by atoms with E-state index in [0.717, 1.165) is 19.8 Å². The van der Waals surface area contributed by atoms with Crippen molar-refractivity contribution in [3.63, 3.8) is 0 Å². The molecule has 2 heterocycles. The summed E-state index contributed by atoms with van der Waals surface area (Å²) < 4.78 is 5.51. The summed E-state index contributed by atoms with van der Waals surface area (Å²) in [5, 5.41) is 5.93. The maximum atomic E-state index is 5.51. The van der Waals surface area contributed by atoms with Gasteiger partial charge >= 0.3 is 0 Å². The van der Waals surface area contributed by atoms with E-state index in [2.05, 4.69) is 34.6 Å². The van der Waals surface area contributed by atoms with Crippen LogP contribution < -0.4 is 5.32 Å². The molecule has 0 bridgehead atoms. The molecule has 1 fully saturated rings. The summed E-state index contributed by atoms with van der Waals surface area (Å²) in [6.07, 6.45) is 3.75. The van der Waals surface area contributed by atoms with Crippen molar-refractivity contribution in [3.8, 4) is 0 Å². The van der Waals surface area contributed by atoms with Gasteiger partial charge < -0.3 is 10.1 Å². The molecule has 1 aromatic carbocycles. The van der Waals surface area contributed by atoms with Crippen LogP contribution in [0.1, 0.15) is 11.6 Å². The Kier molecular flexibility index (Phi) is 2.56. The third-order valence-electron chi connectivity index (χ3n) is 3.01. The lowest BCUT2D eigenvalue weighted by atomic mass is 10.00. The van der Waals surface area contributed by atoms with Gasteiger partial charge in [-0.1, -0.05) is 18.2 Å². The Bertz CT molecular complexity index is 487. The summed E-state index contributed by atoms with van der Waals surface area (Å²) in [6.45, 7) is 2.48. The Morgan fingerprint density at radius 2 is 2.31 bits per heavy atom. The van der Waals surface area contributed by atoms with Gasteiger partial charge in [0.25, 0.3) is 0 Å². The second-order valence-electron chi connectivity index (χ2n) is 4.03. The number of rotatable bonds is 1. The number of aromatic nitrogens is 1. The molecule has 3 rings (SSSR count). The van der Waals surface area contributed by atoms with Gasteiger partial charge in [0.05, 0.1) is 19.3 Å². The number of ether oxygens (including phenoxy) is 1. The summed E-state index contributed by atoms with van der Waals surface area (Å²) in [5.74, 6) is 0. The van der Waals surface area contributed by atoms with Crippen molar-refractivity contribution in [3.05, 3.63) is 42.2 Å². The second-order valence-corrected chi connectivity index (χ2v) is 4.03. The van der Waals surface area contributed by atoms with E-state index in [1.165, 1.54) is 16.3 Å². The SMILES string of the molecule is c1cc(C2COCCN2)c2ccncc2c1. The molecule has 2 aromatic rings. The van der Waals surface area contributed by atoms with E-state index in [-0.39, 0.29) is 0 Å². The first-order valence-electron chi connectivity index (χ1n) is 5.59. The predicted molar refractivity (Wildman–Crippen MR) is 63.3 cm³/mol. The van der Waals surface area contributed by atoms with E-state index in [0.29, 0.717) is 6.04 Å². The number of hydrogen-bond donors (Lipinski definition) is 1. The summed E-state index contributed by atoms with van der Waals surface area (Å²) >= 11 is 0. The highest BCUT2D eigenvalue weighted by atomic mass is 16.5. The number of benzene rings is 1. The zero-order valence-corrected chi connectivity index (χ0v) is 9.02. The van der Waals surface area contributed by atoms with Gasteiger partial charge in [0.2, 0.25) is 0 Å². The lowest BCUT2D eigenvalue weighted by Crippen LogP contribution is -2.34. The highest BCUT2D eigenvalue weighted by Crippen LogP contribution is 2.24. The van der Waals surface area contributed by atoms with Crippen LogP contribution in [0.5, 0.6) is 0 Å². The lowest BCUT2D eigenvalue weighted by molar-refractivity contribution is 0.0773. The van der Waals surface area contributed by atoms with Crippen molar-refractivity contribution in [2.45, 2.75) is 6.04 Å². The normalized spacial score (nSPS) is 21.1. The highest BCUT2D eigenvalue weighted by molar-refractivity contribution is 5.85. The first kappa shape index (κ1) is 9.75. The zero-order chi connectivity index (χ0) is 10.8. The van der Waals surface area contributed by atoms with Crippen molar-refractivity contribution in [2.75, 3.05) is 19.8 Å². The Morgan fingerprint density at radius 1 is 1.31 bits per heavy atom. The van der Waals surface area contributed by atoms with E-state index >= 15 is 0 Å². The fourth-order valence-electron chi connectivity index (χ4n) is 2.22. The van der Waals surface area contributed by atoms with E-state index in [9.17, 15) is 0 Å². The largest absolute Gasteiger partial charge is 0.378 e. The lowest BCUT2D eigenvalue weighted by Gasteiger charge is -2.25. The van der Waals surface area contributed by atoms with Crippen molar-refractivity contribution >= 4 is 10.8 Å². The first-order chi connectivity index (χ1) is 7.95. The number of nitrogens with one attached hydrogen (secondary N) is 1. The van der Waals surface area contributed by atoms with E-state index in [1.54, 1.807) is 0 Å². The molecule has 1 N–H and O–H groups in total. The number of nitrogens with zero attached hydrogens (tertiary/aromatic N) is 1. The van der Waals surface area contributed by atoms with Crippen LogP contribution in [0, 0.1) is 0 Å².